The number of carbonyl (C=O) groups is 1. The van der Waals surface area contributed by atoms with Crippen LogP contribution < -0.4 is 0 Å². The van der Waals surface area contributed by atoms with Gasteiger partial charge in [0.25, 0.3) is 0 Å². The Morgan fingerprint density at radius 2 is 2.12 bits per heavy atom. The average molecular weight is 346 g/mol. The van der Waals surface area contributed by atoms with Crippen LogP contribution in [-0.4, -0.2) is 45.7 Å². The second kappa shape index (κ2) is 8.21. The highest BCUT2D eigenvalue weighted by Crippen LogP contribution is 2.23. The summed E-state index contributed by atoms with van der Waals surface area (Å²) < 4.78 is 9.63. The molecule has 2 unspecified atom stereocenters. The van der Waals surface area contributed by atoms with Gasteiger partial charge in [0.05, 0.1) is 6.61 Å². The van der Waals surface area contributed by atoms with Crippen LogP contribution in [0.2, 0.25) is 0 Å². The number of aliphatic hydroxyl groups is 2. The van der Waals surface area contributed by atoms with Crippen molar-refractivity contribution in [3.05, 3.63) is 0 Å². The largest absolute Gasteiger partial charge is 0.463 e. The molecule has 0 aromatic carbocycles. The standard InChI is InChI=1S/C10H19IO5/c1-3-9(14)15-6-8(13)7-16-10(2,11)4-5-12/h8,12-13H,3-7H2,1-2H3. The van der Waals surface area contributed by atoms with E-state index in [-0.39, 0.29) is 25.8 Å². The lowest BCUT2D eigenvalue weighted by molar-refractivity contribution is -0.148. The van der Waals surface area contributed by atoms with E-state index in [1.54, 1.807) is 6.92 Å². The molecule has 0 heterocycles. The first kappa shape index (κ1) is 16.1. The molecule has 2 atom stereocenters. The summed E-state index contributed by atoms with van der Waals surface area (Å²) in [5, 5.41) is 18.2. The normalized spacial score (nSPS) is 16.6. The minimum absolute atomic E-state index is 0.0281. The number of rotatable bonds is 8. The van der Waals surface area contributed by atoms with Crippen molar-refractivity contribution in [3.63, 3.8) is 0 Å². The lowest BCUT2D eigenvalue weighted by Gasteiger charge is -2.23. The van der Waals surface area contributed by atoms with Crippen molar-refractivity contribution < 1.29 is 24.5 Å². The quantitative estimate of drug-likeness (QED) is 0.387. The molecule has 2 N–H and O–H groups in total. The van der Waals surface area contributed by atoms with E-state index in [9.17, 15) is 9.90 Å². The van der Waals surface area contributed by atoms with E-state index < -0.39 is 9.71 Å². The summed E-state index contributed by atoms with van der Waals surface area (Å²) in [5.74, 6) is -0.341. The van der Waals surface area contributed by atoms with Crippen LogP contribution in [0.3, 0.4) is 0 Å². The molecule has 0 bridgehead atoms. The Morgan fingerprint density at radius 1 is 1.50 bits per heavy atom. The number of esters is 1. The van der Waals surface area contributed by atoms with Crippen molar-refractivity contribution in [2.45, 2.75) is 36.4 Å². The third kappa shape index (κ3) is 8.26. The van der Waals surface area contributed by atoms with Crippen LogP contribution in [0.1, 0.15) is 26.7 Å². The number of halogens is 1. The van der Waals surface area contributed by atoms with Gasteiger partial charge in [-0.05, 0) is 29.5 Å². The molecule has 0 fully saturated rings. The molecule has 0 aliphatic heterocycles. The first-order valence-electron chi connectivity index (χ1n) is 5.18. The molecule has 0 spiro atoms. The molecule has 0 saturated carbocycles. The molecule has 6 heteroatoms. The predicted octanol–water partition coefficient (Wildman–Crippen LogP) is 0.851. The molecule has 16 heavy (non-hydrogen) atoms. The Balaban J connectivity index is 3.72. The lowest BCUT2D eigenvalue weighted by atomic mass is 10.3. The van der Waals surface area contributed by atoms with Crippen LogP contribution in [0.4, 0.5) is 0 Å². The van der Waals surface area contributed by atoms with Crippen molar-refractivity contribution in [2.75, 3.05) is 19.8 Å². The van der Waals surface area contributed by atoms with Crippen molar-refractivity contribution >= 4 is 28.6 Å². The van der Waals surface area contributed by atoms with E-state index in [0.717, 1.165) is 0 Å². The zero-order chi connectivity index (χ0) is 12.6. The van der Waals surface area contributed by atoms with Crippen LogP contribution >= 0.6 is 22.6 Å². The number of ether oxygens (including phenoxy) is 2. The molecule has 0 saturated heterocycles. The van der Waals surface area contributed by atoms with Crippen LogP contribution in [0.15, 0.2) is 0 Å². The molecule has 0 radical (unpaired) electrons. The van der Waals surface area contributed by atoms with Gasteiger partial charge in [0.2, 0.25) is 0 Å². The fourth-order valence-corrected chi connectivity index (χ4v) is 1.30. The summed E-state index contributed by atoms with van der Waals surface area (Å²) >= 11 is 2.06. The molecule has 0 aromatic heterocycles. The SMILES string of the molecule is CCC(=O)OCC(O)COC(C)(I)CCO. The molecular weight excluding hydrogens is 327 g/mol. The fourth-order valence-electron chi connectivity index (χ4n) is 0.881. The van der Waals surface area contributed by atoms with E-state index in [0.29, 0.717) is 12.8 Å². The highest BCUT2D eigenvalue weighted by atomic mass is 127. The maximum Gasteiger partial charge on any atom is 0.305 e. The van der Waals surface area contributed by atoms with Gasteiger partial charge in [0, 0.05) is 19.4 Å². The summed E-state index contributed by atoms with van der Waals surface area (Å²) in [4.78, 5) is 10.8. The number of carbonyl (C=O) groups excluding carboxylic acids is 1. The van der Waals surface area contributed by atoms with Crippen LogP contribution in [0, 0.1) is 0 Å². The summed E-state index contributed by atoms with van der Waals surface area (Å²) in [6, 6.07) is 0. The topological polar surface area (TPSA) is 76.0 Å². The lowest BCUT2D eigenvalue weighted by Crippen LogP contribution is -2.30. The van der Waals surface area contributed by atoms with Crippen LogP contribution in [0.25, 0.3) is 0 Å². The molecule has 0 rings (SSSR count). The van der Waals surface area contributed by atoms with E-state index in [4.69, 9.17) is 14.6 Å². The minimum atomic E-state index is -0.830. The highest BCUT2D eigenvalue weighted by Gasteiger charge is 2.21. The van der Waals surface area contributed by atoms with Gasteiger partial charge in [-0.1, -0.05) is 6.92 Å². The summed E-state index contributed by atoms with van der Waals surface area (Å²) in [7, 11) is 0. The van der Waals surface area contributed by atoms with Crippen molar-refractivity contribution in [2.24, 2.45) is 0 Å². The Kier molecular flexibility index (Phi) is 8.25. The number of alkyl halides is 1. The smallest absolute Gasteiger partial charge is 0.305 e. The van der Waals surface area contributed by atoms with E-state index in [2.05, 4.69) is 22.6 Å². The highest BCUT2D eigenvalue weighted by molar-refractivity contribution is 14.1. The first-order valence-corrected chi connectivity index (χ1v) is 6.26. The van der Waals surface area contributed by atoms with Gasteiger partial charge < -0.3 is 19.7 Å². The minimum Gasteiger partial charge on any atom is -0.463 e. The monoisotopic (exact) mass is 346 g/mol. The van der Waals surface area contributed by atoms with Crippen LogP contribution in [0.5, 0.6) is 0 Å². The molecule has 0 aliphatic rings. The molecule has 5 nitrogen and oxygen atoms in total. The van der Waals surface area contributed by atoms with Crippen molar-refractivity contribution in [3.8, 4) is 0 Å². The summed E-state index contributed by atoms with van der Waals surface area (Å²) in [6.07, 6.45) is -0.0554. The van der Waals surface area contributed by atoms with Gasteiger partial charge in [-0.25, -0.2) is 0 Å². The molecular formula is C10H19IO5. The molecule has 96 valence electrons. The van der Waals surface area contributed by atoms with E-state index >= 15 is 0 Å². The summed E-state index contributed by atoms with van der Waals surface area (Å²) in [5.41, 5.74) is 0. The van der Waals surface area contributed by atoms with Gasteiger partial charge in [-0.15, -0.1) is 0 Å². The predicted molar refractivity (Wildman–Crippen MR) is 67.3 cm³/mol. The Morgan fingerprint density at radius 3 is 2.62 bits per heavy atom. The van der Waals surface area contributed by atoms with Crippen molar-refractivity contribution in [1.29, 1.82) is 0 Å². The van der Waals surface area contributed by atoms with Gasteiger partial charge >= 0.3 is 5.97 Å². The summed E-state index contributed by atoms with van der Waals surface area (Å²) in [6.45, 7) is 3.55. The zero-order valence-electron chi connectivity index (χ0n) is 9.61. The molecule has 0 amide bonds. The van der Waals surface area contributed by atoms with Gasteiger partial charge in [0.1, 0.15) is 16.3 Å². The Bertz CT molecular complexity index is 207. The fraction of sp³-hybridized carbons (Fsp3) is 0.900. The average Bonchev–Trinajstić information content (AvgIpc) is 2.23. The second-order valence-corrected chi connectivity index (χ2v) is 5.86. The molecule has 0 aromatic rings. The van der Waals surface area contributed by atoms with Gasteiger partial charge in [-0.3, -0.25) is 4.79 Å². The third-order valence-electron chi connectivity index (χ3n) is 1.86. The van der Waals surface area contributed by atoms with Crippen molar-refractivity contribution in [1.82, 2.24) is 0 Å². The number of hydrogen-bond donors (Lipinski definition) is 2. The first-order chi connectivity index (χ1) is 7.41. The molecule has 0 aliphatic carbocycles. The third-order valence-corrected chi connectivity index (χ3v) is 2.71. The Hall–Kier alpha value is 0.0800. The maximum atomic E-state index is 10.8. The van der Waals surface area contributed by atoms with Gasteiger partial charge in [-0.2, -0.15) is 0 Å². The maximum absolute atomic E-state index is 10.8. The second-order valence-electron chi connectivity index (χ2n) is 3.58. The zero-order valence-corrected chi connectivity index (χ0v) is 11.8. The number of aliphatic hydroxyl groups excluding tert-OH is 2. The van der Waals surface area contributed by atoms with E-state index in [1.807, 2.05) is 6.92 Å². The Labute approximate surface area is 109 Å². The van der Waals surface area contributed by atoms with Crippen LogP contribution in [-0.2, 0) is 14.3 Å². The number of hydrogen-bond acceptors (Lipinski definition) is 5. The van der Waals surface area contributed by atoms with E-state index in [1.165, 1.54) is 0 Å². The van der Waals surface area contributed by atoms with Gasteiger partial charge in [0.15, 0.2) is 0 Å².